The number of nitrogens with two attached hydrogens (primary N) is 1. The molecule has 5 heterocycles. The summed E-state index contributed by atoms with van der Waals surface area (Å²) in [7, 11) is -0.195. The van der Waals surface area contributed by atoms with Gasteiger partial charge in [-0.3, -0.25) is 33.2 Å². The zero-order valence-corrected chi connectivity index (χ0v) is 25.6. The predicted octanol–water partition coefficient (Wildman–Crippen LogP) is 0.943. The summed E-state index contributed by atoms with van der Waals surface area (Å²) in [5.41, 5.74) is 6.73. The molecule has 4 aromatic heterocycles. The van der Waals surface area contributed by atoms with Crippen LogP contribution in [0.5, 0.6) is 0 Å². The van der Waals surface area contributed by atoms with Gasteiger partial charge in [-0.1, -0.05) is 12.2 Å². The lowest BCUT2D eigenvalue weighted by molar-refractivity contribution is -0.129. The van der Waals surface area contributed by atoms with E-state index >= 15 is 0 Å². The van der Waals surface area contributed by atoms with Crippen LogP contribution in [0.1, 0.15) is 12.1 Å². The number of H-pyrrole nitrogens is 1. The molecule has 0 amide bonds. The van der Waals surface area contributed by atoms with Crippen LogP contribution >= 0.6 is 50.6 Å². The second-order valence-corrected chi connectivity index (χ2v) is 13.2. The monoisotopic (exact) mass is 679 g/mol. The minimum absolute atomic E-state index is 0.000866. The molecule has 1 aliphatic rings. The number of nitrogens with one attached hydrogen (secondary N) is 1. The van der Waals surface area contributed by atoms with Gasteiger partial charge in [0.25, 0.3) is 12.0 Å². The second kappa shape index (κ2) is 13.5. The molecule has 0 radical (unpaired) electrons. The van der Waals surface area contributed by atoms with Crippen LogP contribution in [-0.4, -0.2) is 82.4 Å². The second-order valence-electron chi connectivity index (χ2n) is 8.45. The number of aromatic amines is 1. The minimum Gasteiger partial charge on any atom is -0.466 e. The van der Waals surface area contributed by atoms with E-state index in [1.54, 1.807) is 11.7 Å². The highest BCUT2D eigenvalue weighted by atomic mass is 32.7. The number of hydrogen-bond donors (Lipinski definition) is 5. The van der Waals surface area contributed by atoms with Crippen molar-refractivity contribution in [3.63, 3.8) is 0 Å². The highest BCUT2D eigenvalue weighted by Gasteiger charge is 2.49. The number of carbonyl (C=O) groups is 1. The first-order valence-electron chi connectivity index (χ1n) is 11.8. The van der Waals surface area contributed by atoms with Crippen LogP contribution in [0.3, 0.4) is 0 Å². The Morgan fingerprint density at radius 1 is 1.38 bits per heavy atom. The lowest BCUT2D eigenvalue weighted by Crippen LogP contribution is -2.35. The molecule has 18 nitrogen and oxygen atoms in total. The predicted molar refractivity (Wildman–Crippen MR) is 155 cm³/mol. The number of nitrogens with zero attached hydrogens (tertiary/aromatic N) is 7. The first-order chi connectivity index (χ1) is 20.2. The molecule has 0 saturated carbocycles. The Morgan fingerprint density at radius 2 is 2.21 bits per heavy atom. The van der Waals surface area contributed by atoms with Crippen molar-refractivity contribution in [2.75, 3.05) is 18.9 Å². The van der Waals surface area contributed by atoms with Crippen molar-refractivity contribution in [1.82, 2.24) is 39.3 Å². The standard InChI is InChI=1S/C19H23N9O9P2S3/c20-19-24-16-12(17(31)25-19)22-6-27(16)18-14(13(30)9(36-18)4-34-38-40)37-39(32,41)35-5-11-23-15(10-3-21-7-42-10)26-28(11)1-2-33-8-29/h3,6-9,13-14,18,30,38,40H,1-2,4-5H2,(H,32,41)(H3,20,24,25,31)/t9-,13-,14-,18-,39?/m1/s1. The molecule has 226 valence electrons. The topological polar surface area (TPSA) is 234 Å². The number of rotatable bonds is 14. The van der Waals surface area contributed by atoms with Gasteiger partial charge in [-0.2, -0.15) is 4.98 Å². The fourth-order valence-electron chi connectivity index (χ4n) is 4.04. The maximum atomic E-state index is 13.5. The van der Waals surface area contributed by atoms with E-state index in [1.165, 1.54) is 26.9 Å². The van der Waals surface area contributed by atoms with Crippen LogP contribution in [0, 0.1) is 0 Å². The van der Waals surface area contributed by atoms with Gasteiger partial charge in [0.1, 0.15) is 31.5 Å². The van der Waals surface area contributed by atoms with Crippen molar-refractivity contribution in [3.8, 4) is 10.7 Å². The van der Waals surface area contributed by atoms with Gasteiger partial charge < -0.3 is 24.8 Å². The first kappa shape index (κ1) is 31.0. The number of aliphatic hydroxyl groups excluding tert-OH is 1. The number of thiazole rings is 1. The molecule has 4 aromatic rings. The maximum absolute atomic E-state index is 13.5. The number of imidazole rings is 1. The molecule has 4 N–H and O–H groups in total. The molecule has 2 unspecified atom stereocenters. The Morgan fingerprint density at radius 3 is 2.95 bits per heavy atom. The van der Waals surface area contributed by atoms with Crippen LogP contribution in [0.2, 0.25) is 0 Å². The van der Waals surface area contributed by atoms with Crippen LogP contribution < -0.4 is 11.3 Å². The van der Waals surface area contributed by atoms with E-state index in [0.29, 0.717) is 17.2 Å². The lowest BCUT2D eigenvalue weighted by atomic mass is 10.1. The highest BCUT2D eigenvalue weighted by molar-refractivity contribution is 8.44. The molecule has 1 aliphatic heterocycles. The normalized spacial score (nSPS) is 22.3. The molecule has 0 bridgehead atoms. The van der Waals surface area contributed by atoms with Crippen molar-refractivity contribution in [2.24, 2.45) is 0 Å². The van der Waals surface area contributed by atoms with Crippen molar-refractivity contribution in [2.45, 2.75) is 37.7 Å². The third-order valence-electron chi connectivity index (χ3n) is 5.85. The Balaban J connectivity index is 1.38. The maximum Gasteiger partial charge on any atom is 0.387 e. The summed E-state index contributed by atoms with van der Waals surface area (Å²) in [6, 6.07) is 0. The van der Waals surface area contributed by atoms with Gasteiger partial charge in [-0.25, -0.2) is 19.2 Å². The summed E-state index contributed by atoms with van der Waals surface area (Å²) in [5.74, 6) is 0.384. The quantitative estimate of drug-likeness (QED) is 0.0540. The van der Waals surface area contributed by atoms with E-state index in [0.717, 1.165) is 0 Å². The summed E-state index contributed by atoms with van der Waals surface area (Å²) in [6.45, 7) is -4.26. The van der Waals surface area contributed by atoms with E-state index in [2.05, 4.69) is 54.5 Å². The zero-order valence-electron chi connectivity index (χ0n) is 21.1. The minimum atomic E-state index is -4.24. The van der Waals surface area contributed by atoms with Crippen LogP contribution in [-0.2, 0) is 45.6 Å². The van der Waals surface area contributed by atoms with Crippen LogP contribution in [0.4, 0.5) is 5.95 Å². The number of fused-ring (bicyclic) bond motifs is 1. The van der Waals surface area contributed by atoms with Crippen LogP contribution in [0.15, 0.2) is 22.8 Å². The van der Waals surface area contributed by atoms with E-state index in [9.17, 15) is 19.3 Å². The van der Waals surface area contributed by atoms with Crippen molar-refractivity contribution in [3.05, 3.63) is 34.2 Å². The van der Waals surface area contributed by atoms with E-state index < -0.39 is 36.9 Å². The van der Waals surface area contributed by atoms with Crippen molar-refractivity contribution >= 4 is 74.2 Å². The van der Waals surface area contributed by atoms with Gasteiger partial charge in [0.05, 0.1) is 37.9 Å². The summed E-state index contributed by atoms with van der Waals surface area (Å²) in [6.07, 6.45) is -2.05. The first-order valence-corrected chi connectivity index (χ1v) is 17.6. The van der Waals surface area contributed by atoms with Gasteiger partial charge in [0, 0.05) is 6.20 Å². The number of anilines is 1. The Bertz CT molecular complexity index is 1640. The fraction of sp³-hybridized carbons (Fsp3) is 0.421. The largest absolute Gasteiger partial charge is 0.466 e. The summed E-state index contributed by atoms with van der Waals surface area (Å²) < 4.78 is 43.5. The average Bonchev–Trinajstić information content (AvgIpc) is 3.74. The Labute approximate surface area is 252 Å². The number of thiol groups is 2. The summed E-state index contributed by atoms with van der Waals surface area (Å²) in [4.78, 5) is 42.5. The number of nitrogen functional groups attached to an aromatic ring is 1. The van der Waals surface area contributed by atoms with Gasteiger partial charge in [0.15, 0.2) is 29.0 Å². The van der Waals surface area contributed by atoms with Gasteiger partial charge in [-0.15, -0.1) is 28.7 Å². The smallest absolute Gasteiger partial charge is 0.387 e. The van der Waals surface area contributed by atoms with Gasteiger partial charge in [-0.05, 0) is 0 Å². The molecule has 42 heavy (non-hydrogen) atoms. The fourth-order valence-corrected chi connectivity index (χ4v) is 6.43. The Kier molecular flexibility index (Phi) is 9.93. The molecule has 1 fully saturated rings. The van der Waals surface area contributed by atoms with Crippen molar-refractivity contribution < 1.29 is 37.5 Å². The van der Waals surface area contributed by atoms with Crippen molar-refractivity contribution in [1.29, 1.82) is 0 Å². The third-order valence-corrected chi connectivity index (χ3v) is 8.90. The molecular formula is C19H23N9O9P2S3. The Hall–Kier alpha value is -2.45. The number of hydrogen-bond acceptors (Lipinski definition) is 17. The SMILES string of the molecule is Nc1nc2c(ncn2[C@@H]2O[C@H](COPS)[C@@H](O)[C@H]2OP(=O)(S)OCc2nc(-c3cncs3)nn2CCOC=O)c(=O)[nH]1. The molecule has 0 aliphatic carbocycles. The number of aromatic nitrogens is 8. The van der Waals surface area contributed by atoms with E-state index in [4.69, 9.17) is 28.8 Å². The molecule has 23 heteroatoms. The molecule has 0 aromatic carbocycles. The lowest BCUT2D eigenvalue weighted by Gasteiger charge is -2.24. The average molecular weight is 680 g/mol. The number of aliphatic hydroxyl groups is 1. The molecule has 0 spiro atoms. The summed E-state index contributed by atoms with van der Waals surface area (Å²) in [5, 5.41) is 15.4. The third kappa shape index (κ3) is 6.85. The molecule has 6 atom stereocenters. The summed E-state index contributed by atoms with van der Waals surface area (Å²) >= 11 is 9.45. The molecule has 5 rings (SSSR count). The van der Waals surface area contributed by atoms with Gasteiger partial charge in [0.2, 0.25) is 5.95 Å². The van der Waals surface area contributed by atoms with Crippen LogP contribution in [0.25, 0.3) is 21.9 Å². The number of ether oxygens (including phenoxy) is 2. The van der Waals surface area contributed by atoms with E-state index in [-0.39, 0.29) is 57.3 Å². The highest BCUT2D eigenvalue weighted by Crippen LogP contribution is 2.57. The zero-order chi connectivity index (χ0) is 29.9. The van der Waals surface area contributed by atoms with Gasteiger partial charge >= 0.3 is 6.80 Å². The number of carbonyl (C=O) groups excluding carboxylic acids is 1. The van der Waals surface area contributed by atoms with E-state index in [1.807, 2.05) is 0 Å². The molecule has 1 saturated heterocycles. The molecular weight excluding hydrogens is 656 g/mol.